The summed E-state index contributed by atoms with van der Waals surface area (Å²) in [7, 11) is -7.56. The Balaban J connectivity index is 0.000000166. The van der Waals surface area contributed by atoms with E-state index in [0.717, 1.165) is 69.2 Å². The van der Waals surface area contributed by atoms with Crippen LogP contribution in [0.4, 0.5) is 22.0 Å². The Morgan fingerprint density at radius 3 is 1.33 bits per heavy atom. The first-order chi connectivity index (χ1) is 48.3. The molecule has 0 aliphatic heterocycles. The molecule has 1 amide bonds. The lowest BCUT2D eigenvalue weighted by molar-refractivity contribution is -0.153. The number of rotatable bonds is 21. The number of sulfone groups is 1. The van der Waals surface area contributed by atoms with Crippen LogP contribution in [0.2, 0.25) is 10.0 Å². The van der Waals surface area contributed by atoms with E-state index in [9.17, 15) is 43.6 Å². The number of alkyl halides is 3. The molecule has 1 heterocycles. The van der Waals surface area contributed by atoms with Gasteiger partial charge in [0.2, 0.25) is 15.8 Å². The minimum absolute atomic E-state index is 0.0925. The van der Waals surface area contributed by atoms with Crippen molar-refractivity contribution in [2.75, 3.05) is 6.26 Å². The highest BCUT2D eigenvalue weighted by molar-refractivity contribution is 7.90. The first-order valence-electron chi connectivity index (χ1n) is 32.2. The molecule has 18 heteroatoms. The standard InChI is InChI=1S/C29H28F3NO5S2.C27H21ClFNO.C27H23ClFN/c1-19-14-20(2)28(21(3)15-19)40(36,37)33(18-25-12-13-27(38-25)29(30,31)32)17-22-8-10-23(11-9-22)24-6-5-7-26(16-24)39(4,34)35;28-26-17-25(29)16-15-24(26)19-30(27(31)23-9-5-2-6-10-23)18-20-11-13-22(14-12-20)21-7-3-1-4-8-21;28-27-17-26(29)16-15-25(27)20-30(18-21-7-3-1-4-8-21)19-22-11-13-24(14-12-22)23-9-5-2-6-10-23/h5-16H,17-18H2,1-4H3;1-17H,18-19H2;1-17H,18-20H2. The molecule has 0 N–H and O–H groups in total. The van der Waals surface area contributed by atoms with Gasteiger partial charge in [-0.3, -0.25) is 9.69 Å². The Bertz CT molecular complexity index is 4970. The van der Waals surface area contributed by atoms with Gasteiger partial charge in [-0.1, -0.05) is 247 Å². The maximum absolute atomic E-state index is 13.9. The van der Waals surface area contributed by atoms with E-state index in [1.807, 2.05) is 79.7 Å². The molecule has 0 saturated carbocycles. The molecular weight excluding hydrogens is 1360 g/mol. The minimum atomic E-state index is -4.70. The van der Waals surface area contributed by atoms with Crippen LogP contribution in [0.15, 0.2) is 293 Å². The number of amides is 1. The van der Waals surface area contributed by atoms with Crippen LogP contribution in [0.25, 0.3) is 33.4 Å². The molecule has 516 valence electrons. The third-order valence-electron chi connectivity index (χ3n) is 16.6. The molecule has 0 bridgehead atoms. The molecule has 0 spiro atoms. The highest BCUT2D eigenvalue weighted by atomic mass is 35.5. The molecule has 0 unspecified atom stereocenters. The van der Waals surface area contributed by atoms with Gasteiger partial charge in [-0.05, 0) is 159 Å². The van der Waals surface area contributed by atoms with Gasteiger partial charge < -0.3 is 9.32 Å². The molecule has 0 aliphatic carbocycles. The van der Waals surface area contributed by atoms with E-state index >= 15 is 0 Å². The average molecular weight is 1440 g/mol. The second-order valence-electron chi connectivity index (χ2n) is 24.5. The number of carbonyl (C=O) groups is 1. The first-order valence-corrected chi connectivity index (χ1v) is 36.3. The smallest absolute Gasteiger partial charge is 0.449 e. The molecular formula is C83H72Cl2F5N3O6S2. The van der Waals surface area contributed by atoms with E-state index in [1.165, 1.54) is 52.6 Å². The van der Waals surface area contributed by atoms with Crippen molar-refractivity contribution in [3.05, 3.63) is 368 Å². The first kappa shape index (κ1) is 73.9. The molecule has 0 fully saturated rings. The monoisotopic (exact) mass is 1440 g/mol. The number of halogens is 7. The Labute approximate surface area is 597 Å². The zero-order valence-electron chi connectivity index (χ0n) is 55.8. The molecule has 0 aliphatic rings. The highest BCUT2D eigenvalue weighted by Gasteiger charge is 2.36. The summed E-state index contributed by atoms with van der Waals surface area (Å²) in [5.74, 6) is -2.16. The number of benzene rings is 11. The summed E-state index contributed by atoms with van der Waals surface area (Å²) >= 11 is 12.5. The van der Waals surface area contributed by atoms with Crippen LogP contribution in [0.3, 0.4) is 0 Å². The van der Waals surface area contributed by atoms with Crippen molar-refractivity contribution >= 4 is 49.0 Å². The Kier molecular flexibility index (Phi) is 24.6. The second kappa shape index (κ2) is 33.6. The normalized spacial score (nSPS) is 11.6. The zero-order chi connectivity index (χ0) is 71.8. The third kappa shape index (κ3) is 20.5. The predicted octanol–water partition coefficient (Wildman–Crippen LogP) is 21.0. The number of furan rings is 1. The van der Waals surface area contributed by atoms with Gasteiger partial charge in [0, 0.05) is 61.1 Å². The van der Waals surface area contributed by atoms with Crippen LogP contribution in [0.5, 0.6) is 0 Å². The van der Waals surface area contributed by atoms with Crippen LogP contribution in [-0.4, -0.2) is 43.1 Å². The van der Waals surface area contributed by atoms with Gasteiger partial charge in [0.1, 0.15) is 17.4 Å². The van der Waals surface area contributed by atoms with Crippen molar-refractivity contribution < 1.29 is 48.0 Å². The summed E-state index contributed by atoms with van der Waals surface area (Å²) < 4.78 is 124. The molecule has 101 heavy (non-hydrogen) atoms. The van der Waals surface area contributed by atoms with E-state index in [0.29, 0.717) is 56.5 Å². The molecule has 0 atom stereocenters. The summed E-state index contributed by atoms with van der Waals surface area (Å²) in [4.78, 5) is 17.5. The third-order valence-corrected chi connectivity index (χ3v) is 20.5. The van der Waals surface area contributed by atoms with Gasteiger partial charge in [-0.15, -0.1) is 0 Å². The van der Waals surface area contributed by atoms with Crippen molar-refractivity contribution in [3.8, 4) is 33.4 Å². The number of hydrogen-bond acceptors (Lipinski definition) is 7. The maximum atomic E-state index is 13.9. The molecule has 0 saturated heterocycles. The summed E-state index contributed by atoms with van der Waals surface area (Å²) in [5.41, 5.74) is 14.3. The van der Waals surface area contributed by atoms with Crippen LogP contribution >= 0.6 is 23.2 Å². The van der Waals surface area contributed by atoms with Crippen molar-refractivity contribution in [2.45, 2.75) is 82.6 Å². The van der Waals surface area contributed by atoms with Gasteiger partial charge in [-0.25, -0.2) is 25.6 Å². The lowest BCUT2D eigenvalue weighted by atomic mass is 10.0. The molecule has 12 rings (SSSR count). The number of hydrogen-bond donors (Lipinski definition) is 0. The molecule has 9 nitrogen and oxygen atoms in total. The summed E-state index contributed by atoms with van der Waals surface area (Å²) in [5, 5.41) is 0.776. The fourth-order valence-electron chi connectivity index (χ4n) is 11.7. The van der Waals surface area contributed by atoms with E-state index in [4.69, 9.17) is 27.6 Å². The average Bonchev–Trinajstić information content (AvgIpc) is 1.60. The van der Waals surface area contributed by atoms with E-state index in [-0.39, 0.29) is 40.4 Å². The van der Waals surface area contributed by atoms with Gasteiger partial charge >= 0.3 is 6.18 Å². The van der Waals surface area contributed by atoms with E-state index < -0.39 is 44.2 Å². The number of sulfonamides is 1. The SMILES string of the molecule is Cc1cc(C)c(S(=O)(=O)N(Cc2ccc(-c3cccc(S(C)(=O)=O)c3)cc2)Cc2ccc(C(F)(F)F)o2)c(C)c1.Fc1ccc(CN(Cc2ccccc2)Cc2ccc(-c3ccccc3)cc2)c(Cl)c1.O=C(c1ccccc1)N(Cc1ccc(-c2ccccc2)cc1)Cc1ccc(F)cc1Cl. The molecule has 11 aromatic carbocycles. The summed E-state index contributed by atoms with van der Waals surface area (Å²) in [6.45, 7) is 7.57. The van der Waals surface area contributed by atoms with Crippen LogP contribution in [0.1, 0.15) is 71.9 Å². The van der Waals surface area contributed by atoms with Crippen molar-refractivity contribution in [2.24, 2.45) is 0 Å². The Hall–Kier alpha value is -9.78. The van der Waals surface area contributed by atoms with Gasteiger partial charge in [0.15, 0.2) is 9.84 Å². The molecule has 0 radical (unpaired) electrons. The Morgan fingerprint density at radius 1 is 0.426 bits per heavy atom. The van der Waals surface area contributed by atoms with Gasteiger partial charge in [0.05, 0.1) is 16.3 Å². The zero-order valence-corrected chi connectivity index (χ0v) is 58.9. The number of aryl methyl sites for hydroxylation is 3. The quantitative estimate of drug-likeness (QED) is 0.0659. The predicted molar refractivity (Wildman–Crippen MR) is 392 cm³/mol. The lowest BCUT2D eigenvalue weighted by Gasteiger charge is -2.24. The Morgan fingerprint density at radius 2 is 0.851 bits per heavy atom. The molecule has 1 aromatic heterocycles. The highest BCUT2D eigenvalue weighted by Crippen LogP contribution is 2.34. The van der Waals surface area contributed by atoms with Crippen LogP contribution < -0.4 is 0 Å². The number of nitrogens with zero attached hydrogens (tertiary/aromatic N) is 3. The molecule has 12 aromatic rings. The lowest BCUT2D eigenvalue weighted by Crippen LogP contribution is -2.31. The second-order valence-corrected chi connectivity index (χ2v) is 29.2. The minimum Gasteiger partial charge on any atom is -0.455 e. The van der Waals surface area contributed by atoms with Crippen molar-refractivity contribution in [1.82, 2.24) is 14.1 Å². The fourth-order valence-corrected chi connectivity index (χ4v) is 14.6. The van der Waals surface area contributed by atoms with E-state index in [2.05, 4.69) is 89.8 Å². The van der Waals surface area contributed by atoms with Gasteiger partial charge in [-0.2, -0.15) is 17.5 Å². The number of carbonyl (C=O) groups excluding carboxylic acids is 1. The van der Waals surface area contributed by atoms with Crippen LogP contribution in [-0.2, 0) is 71.9 Å². The van der Waals surface area contributed by atoms with Crippen LogP contribution in [0, 0.1) is 32.4 Å². The van der Waals surface area contributed by atoms with Crippen molar-refractivity contribution in [3.63, 3.8) is 0 Å². The fraction of sp³-hybridized carbons (Fsp3) is 0.145. The van der Waals surface area contributed by atoms with Crippen molar-refractivity contribution in [1.29, 1.82) is 0 Å². The summed E-state index contributed by atoms with van der Waals surface area (Å²) in [6, 6.07) is 84.4. The van der Waals surface area contributed by atoms with Gasteiger partial charge in [0.25, 0.3) is 5.91 Å². The maximum Gasteiger partial charge on any atom is 0.449 e. The summed E-state index contributed by atoms with van der Waals surface area (Å²) in [6.07, 6.45) is -3.57. The topological polar surface area (TPSA) is 108 Å². The largest absolute Gasteiger partial charge is 0.455 e. The van der Waals surface area contributed by atoms with E-state index in [1.54, 1.807) is 97.6 Å².